The van der Waals surface area contributed by atoms with Crippen molar-refractivity contribution in [2.24, 2.45) is 0 Å². The molecular weight excluding hydrogens is 1400 g/mol. The Morgan fingerprint density at radius 3 is 1.23 bits per heavy atom. The summed E-state index contributed by atoms with van der Waals surface area (Å²) in [5.41, 5.74) is 10.3. The molecule has 2 amide bonds. The van der Waals surface area contributed by atoms with E-state index < -0.39 is 0 Å². The first kappa shape index (κ1) is 71.2. The number of thiophene rings is 6. The summed E-state index contributed by atoms with van der Waals surface area (Å²) in [6.07, 6.45) is 27.7. The molecule has 2 aliphatic heterocycles. The number of carbonyl (C=O) groups excluding carboxylic acids is 2. The zero-order valence-electron chi connectivity index (χ0n) is 54.1. The van der Waals surface area contributed by atoms with Crippen LogP contribution in [0.4, 0.5) is 0 Å². The van der Waals surface area contributed by atoms with E-state index in [1.807, 2.05) is 129 Å². The maximum atomic E-state index is 14.0. The SMILES string of the molecule is CCCCCCc1ccc(CSC(SCc2ccc(CCCCCC)s2)=C2c3cc4c(cc3-c3sc(/C=C5/SC(=S)N(CC)C5=O)cc32)C(=C(SCc2ccc(CCCCCC)s2)SCc2ccc(CCCCCC)s2)c2cc(CC3SC(=S)N(CC)C3=O)sc2-4)s1. The Hall–Kier alpha value is -2.14. The van der Waals surface area contributed by atoms with Crippen LogP contribution in [0, 0.1) is 0 Å². The second-order valence-electron chi connectivity index (χ2n) is 24.1. The Kier molecular flexibility index (Phi) is 27.1. The van der Waals surface area contributed by atoms with Crippen molar-refractivity contribution >= 4 is 201 Å². The molecule has 1 unspecified atom stereocenters. The molecule has 8 heterocycles. The lowest BCUT2D eigenvalue weighted by Crippen LogP contribution is -2.31. The molecule has 18 heteroatoms. The number of hydrogen-bond donors (Lipinski definition) is 0. The number of likely N-dealkylation sites (N-methyl/N-ethyl adjacent to an activating group) is 1. The van der Waals surface area contributed by atoms with Gasteiger partial charge in [0.1, 0.15) is 8.64 Å². The van der Waals surface area contributed by atoms with Crippen LogP contribution in [0.3, 0.4) is 0 Å². The van der Waals surface area contributed by atoms with Gasteiger partial charge >= 0.3 is 0 Å². The predicted octanol–water partition coefficient (Wildman–Crippen LogP) is 25.7. The van der Waals surface area contributed by atoms with E-state index in [1.165, 1.54) is 221 Å². The van der Waals surface area contributed by atoms with Crippen LogP contribution >= 0.6 is 163 Å². The third-order valence-electron chi connectivity index (χ3n) is 17.2. The van der Waals surface area contributed by atoms with E-state index in [0.29, 0.717) is 33.1 Å². The van der Waals surface area contributed by atoms with Crippen LogP contribution in [0.2, 0.25) is 0 Å². The molecule has 0 N–H and O–H groups in total. The molecule has 92 heavy (non-hydrogen) atoms. The number of benzene rings is 1. The molecule has 4 aliphatic rings. The molecule has 11 rings (SSSR count). The minimum atomic E-state index is -0.229. The quantitative estimate of drug-likeness (QED) is 0.0214. The summed E-state index contributed by atoms with van der Waals surface area (Å²) < 4.78 is 4.04. The van der Waals surface area contributed by atoms with Crippen LogP contribution in [-0.2, 0) is 64.7 Å². The molecule has 6 aromatic heterocycles. The van der Waals surface area contributed by atoms with E-state index in [4.69, 9.17) is 24.4 Å². The maximum absolute atomic E-state index is 14.0. The topological polar surface area (TPSA) is 40.6 Å². The van der Waals surface area contributed by atoms with Gasteiger partial charge in [-0.15, -0.1) is 115 Å². The summed E-state index contributed by atoms with van der Waals surface area (Å²) >= 11 is 34.4. The van der Waals surface area contributed by atoms with Crippen LogP contribution < -0.4 is 0 Å². The molecule has 1 aromatic carbocycles. The molecule has 7 aromatic rings. The standard InChI is InChI=1S/C74H86N2O2S14/c1-7-13-17-21-25-47-29-33-51(85-47)43-81-71(82-44-52-34-30-48(86-52)26-22-18-14-8-2)65-57-41-60-58(42-59(57)67-61(65)37-55(89-67)39-63-69(77)75(11-5)73(79)91-63)66(62-38-56(90-68(60)62)40-64-70(78)76(12-6)74(80)92-64)72(83-45-53-35-31-49(87-53)27-23-19-15-9-3)84-46-54-36-32-50(88-54)28-24-20-16-10-4/h29-39,41-42,64H,7-28,40,43-46H2,1-6H3/b63-39+. The second-order valence-corrected chi connectivity index (χ2v) is 39.3. The highest BCUT2D eigenvalue weighted by Gasteiger charge is 2.40. The molecule has 2 aliphatic carbocycles. The molecule has 1 atom stereocenters. The van der Waals surface area contributed by atoms with E-state index in [-0.39, 0.29) is 17.1 Å². The zero-order valence-corrected chi connectivity index (χ0v) is 65.5. The van der Waals surface area contributed by atoms with E-state index >= 15 is 0 Å². The highest BCUT2D eigenvalue weighted by atomic mass is 32.2. The van der Waals surface area contributed by atoms with Gasteiger partial charge in [-0.25, -0.2) is 0 Å². The minimum absolute atomic E-state index is 0.00110. The van der Waals surface area contributed by atoms with Crippen molar-refractivity contribution in [2.75, 3.05) is 13.1 Å². The Balaban J connectivity index is 1.05. The van der Waals surface area contributed by atoms with Gasteiger partial charge in [0.2, 0.25) is 5.91 Å². The van der Waals surface area contributed by atoms with Gasteiger partial charge in [-0.1, -0.05) is 153 Å². The van der Waals surface area contributed by atoms with Crippen molar-refractivity contribution < 1.29 is 9.59 Å². The van der Waals surface area contributed by atoms with Gasteiger partial charge in [-0.2, -0.15) is 0 Å². The molecule has 0 spiro atoms. The Labute approximate surface area is 609 Å². The monoisotopic (exact) mass is 1480 g/mol. The lowest BCUT2D eigenvalue weighted by molar-refractivity contribution is -0.126. The second kappa shape index (κ2) is 35.1. The number of thiocarbonyl (C=S) groups is 2. The summed E-state index contributed by atoms with van der Waals surface area (Å²) in [4.78, 5) is 48.7. The zero-order chi connectivity index (χ0) is 64.1. The first-order valence-electron chi connectivity index (χ1n) is 33.5. The van der Waals surface area contributed by atoms with E-state index in [0.717, 1.165) is 53.6 Å². The third kappa shape index (κ3) is 17.6. The van der Waals surface area contributed by atoms with Gasteiger partial charge in [-0.05, 0) is 155 Å². The number of hydrogen-bond acceptors (Lipinski definition) is 16. The number of thioether (sulfide) groups is 6. The van der Waals surface area contributed by atoms with Gasteiger partial charge in [-0.3, -0.25) is 19.4 Å². The first-order chi connectivity index (χ1) is 45.0. The van der Waals surface area contributed by atoms with E-state index in [9.17, 15) is 9.59 Å². The normalized spacial score (nSPS) is 15.6. The molecule has 0 radical (unpaired) electrons. The number of nitrogens with zero attached hydrogens (tertiary/aromatic N) is 2. The van der Waals surface area contributed by atoms with Crippen molar-refractivity contribution in [1.29, 1.82) is 0 Å². The van der Waals surface area contributed by atoms with E-state index in [2.05, 4.69) is 107 Å². The Bertz CT molecular complexity index is 3710. The number of fused-ring (bicyclic) bond motifs is 6. The molecule has 2 fully saturated rings. The number of unbranched alkanes of at least 4 members (excludes halogenated alkanes) is 12. The van der Waals surface area contributed by atoms with Gasteiger partial charge in [0.25, 0.3) is 5.91 Å². The fourth-order valence-corrected chi connectivity index (χ4v) is 27.2. The highest BCUT2D eigenvalue weighted by molar-refractivity contribution is 8.27. The fraction of sp³-hybridized carbons (Fsp3) is 0.459. The van der Waals surface area contributed by atoms with Crippen LogP contribution in [-0.4, -0.2) is 48.6 Å². The lowest BCUT2D eigenvalue weighted by atomic mass is 9.98. The molecular formula is C74H86N2O2S14. The summed E-state index contributed by atoms with van der Waals surface area (Å²) in [6.45, 7) is 14.4. The van der Waals surface area contributed by atoms with Gasteiger partial charge in [0.15, 0.2) is 0 Å². The average Bonchev–Trinajstić information content (AvgIpc) is 1.56. The fourth-order valence-electron chi connectivity index (χ4n) is 12.3. The Morgan fingerprint density at radius 2 is 0.837 bits per heavy atom. The van der Waals surface area contributed by atoms with Crippen LogP contribution in [0.15, 0.2) is 86.2 Å². The van der Waals surface area contributed by atoms with Gasteiger partial charge < -0.3 is 0 Å². The van der Waals surface area contributed by atoms with Crippen molar-refractivity contribution in [2.45, 2.75) is 205 Å². The van der Waals surface area contributed by atoms with Crippen molar-refractivity contribution in [3.8, 4) is 20.9 Å². The first-order valence-corrected chi connectivity index (χ1v) is 44.9. The summed E-state index contributed by atoms with van der Waals surface area (Å²) in [5, 5.41) is -0.229. The lowest BCUT2D eigenvalue weighted by Gasteiger charge is -2.15. The number of rotatable bonds is 37. The Morgan fingerprint density at radius 1 is 0.435 bits per heavy atom. The smallest absolute Gasteiger partial charge is 0.266 e. The van der Waals surface area contributed by atoms with Crippen LogP contribution in [0.1, 0.15) is 215 Å². The van der Waals surface area contributed by atoms with Crippen molar-refractivity contribution in [3.05, 3.63) is 157 Å². The predicted molar refractivity (Wildman–Crippen MR) is 430 cm³/mol. The number of carbonyl (C=O) groups is 2. The number of amides is 2. The van der Waals surface area contributed by atoms with Crippen molar-refractivity contribution in [1.82, 2.24) is 9.80 Å². The highest BCUT2D eigenvalue weighted by Crippen LogP contribution is 2.61. The maximum Gasteiger partial charge on any atom is 0.266 e. The molecule has 4 nitrogen and oxygen atoms in total. The summed E-state index contributed by atoms with van der Waals surface area (Å²) in [5.74, 6) is 3.75. The van der Waals surface area contributed by atoms with E-state index in [1.54, 1.807) is 21.6 Å². The van der Waals surface area contributed by atoms with Gasteiger partial charge in [0.05, 0.1) is 10.2 Å². The summed E-state index contributed by atoms with van der Waals surface area (Å²) in [7, 11) is 0. The average molecular weight is 1480 g/mol. The molecule has 2 saturated heterocycles. The third-order valence-corrected chi connectivity index (χ3v) is 32.9. The van der Waals surface area contributed by atoms with Crippen molar-refractivity contribution in [3.63, 3.8) is 0 Å². The molecule has 488 valence electrons. The summed E-state index contributed by atoms with van der Waals surface area (Å²) in [6, 6.07) is 29.1. The largest absolute Gasteiger partial charge is 0.297 e. The van der Waals surface area contributed by atoms with Gasteiger partial charge in [0, 0.05) is 143 Å². The minimum Gasteiger partial charge on any atom is -0.297 e. The number of aryl methyl sites for hydroxylation is 4. The van der Waals surface area contributed by atoms with Crippen LogP contribution in [0.5, 0.6) is 0 Å². The molecule has 0 saturated carbocycles. The molecule has 0 bridgehead atoms. The van der Waals surface area contributed by atoms with Crippen LogP contribution in [0.25, 0.3) is 38.1 Å².